The summed E-state index contributed by atoms with van der Waals surface area (Å²) in [5.74, 6) is 0. The maximum atomic E-state index is 4.18. The SMILES string of the molecule is C1=Cc2nc[nH+]cc2CC1. The van der Waals surface area contributed by atoms with Gasteiger partial charge < -0.3 is 0 Å². The van der Waals surface area contributed by atoms with E-state index in [0.717, 1.165) is 18.5 Å². The summed E-state index contributed by atoms with van der Waals surface area (Å²) in [4.78, 5) is 7.15. The highest BCUT2D eigenvalue weighted by Crippen LogP contribution is 2.13. The van der Waals surface area contributed by atoms with Crippen LogP contribution in [0.4, 0.5) is 0 Å². The molecule has 1 N–H and O–H groups in total. The standard InChI is InChI=1S/C8H8N2/c1-2-4-8-7(3-1)5-9-6-10-8/h2,4-6H,1,3H2/p+1. The number of aromatic nitrogens is 2. The Balaban J connectivity index is 2.54. The summed E-state index contributed by atoms with van der Waals surface area (Å²) in [6.07, 6.45) is 10.2. The van der Waals surface area contributed by atoms with Crippen molar-refractivity contribution in [2.75, 3.05) is 0 Å². The van der Waals surface area contributed by atoms with Crippen LogP contribution >= 0.6 is 0 Å². The minimum absolute atomic E-state index is 1.12. The summed E-state index contributed by atoms with van der Waals surface area (Å²) in [5, 5.41) is 0. The summed E-state index contributed by atoms with van der Waals surface area (Å²) in [7, 11) is 0. The molecule has 0 radical (unpaired) electrons. The molecule has 0 aliphatic heterocycles. The molecule has 0 atom stereocenters. The second kappa shape index (κ2) is 2.21. The molecule has 0 aromatic carbocycles. The van der Waals surface area contributed by atoms with Gasteiger partial charge in [0.2, 0.25) is 0 Å². The van der Waals surface area contributed by atoms with Crippen molar-refractivity contribution in [3.63, 3.8) is 0 Å². The zero-order valence-electron chi connectivity index (χ0n) is 5.67. The van der Waals surface area contributed by atoms with Crippen LogP contribution in [0.1, 0.15) is 17.7 Å². The van der Waals surface area contributed by atoms with E-state index < -0.39 is 0 Å². The largest absolute Gasteiger partial charge is 0.284 e. The van der Waals surface area contributed by atoms with Crippen LogP contribution in [-0.4, -0.2) is 4.98 Å². The van der Waals surface area contributed by atoms with E-state index in [-0.39, 0.29) is 0 Å². The number of hydrogen-bond donors (Lipinski definition) is 0. The first kappa shape index (κ1) is 5.59. The highest BCUT2D eigenvalue weighted by atomic mass is 14.8. The van der Waals surface area contributed by atoms with E-state index >= 15 is 0 Å². The van der Waals surface area contributed by atoms with Crippen molar-refractivity contribution in [2.45, 2.75) is 12.8 Å². The minimum atomic E-state index is 1.12. The minimum Gasteiger partial charge on any atom is -0.250 e. The van der Waals surface area contributed by atoms with Crippen LogP contribution < -0.4 is 4.98 Å². The molecule has 0 saturated carbocycles. The number of rotatable bonds is 0. The molecule has 1 aliphatic carbocycles. The van der Waals surface area contributed by atoms with E-state index in [1.807, 2.05) is 6.20 Å². The van der Waals surface area contributed by atoms with Gasteiger partial charge in [-0.25, -0.2) is 0 Å². The van der Waals surface area contributed by atoms with Crippen molar-refractivity contribution in [1.82, 2.24) is 4.98 Å². The number of aromatic amines is 1. The van der Waals surface area contributed by atoms with E-state index in [4.69, 9.17) is 0 Å². The third-order valence-electron chi connectivity index (χ3n) is 1.72. The zero-order chi connectivity index (χ0) is 6.81. The van der Waals surface area contributed by atoms with Crippen molar-refractivity contribution in [3.8, 4) is 0 Å². The smallest absolute Gasteiger partial charge is 0.250 e. The molecule has 50 valence electrons. The number of fused-ring (bicyclic) bond motifs is 1. The summed E-state index contributed by atoms with van der Waals surface area (Å²) in [6.45, 7) is 0. The number of hydrogen-bond acceptors (Lipinski definition) is 1. The number of aryl methyl sites for hydroxylation is 1. The van der Waals surface area contributed by atoms with Gasteiger partial charge in [0.1, 0.15) is 0 Å². The van der Waals surface area contributed by atoms with Crippen LogP contribution in [0.2, 0.25) is 0 Å². The monoisotopic (exact) mass is 133 g/mol. The first-order valence-corrected chi connectivity index (χ1v) is 3.48. The number of allylic oxidation sites excluding steroid dienone is 1. The second-order valence-corrected chi connectivity index (χ2v) is 2.42. The average Bonchev–Trinajstić information content (AvgIpc) is 2.05. The van der Waals surface area contributed by atoms with Gasteiger partial charge in [0.05, 0.1) is 6.20 Å². The molecule has 2 rings (SSSR count). The van der Waals surface area contributed by atoms with Crippen LogP contribution in [0.25, 0.3) is 6.08 Å². The molecule has 10 heavy (non-hydrogen) atoms. The van der Waals surface area contributed by atoms with Crippen LogP contribution in [0.15, 0.2) is 18.6 Å². The lowest BCUT2D eigenvalue weighted by atomic mass is 10.0. The Morgan fingerprint density at radius 3 is 3.40 bits per heavy atom. The Morgan fingerprint density at radius 1 is 1.50 bits per heavy atom. The summed E-state index contributed by atoms with van der Waals surface area (Å²) < 4.78 is 0. The summed E-state index contributed by atoms with van der Waals surface area (Å²) >= 11 is 0. The molecular formula is C8H9N2+. The van der Waals surface area contributed by atoms with Gasteiger partial charge in [-0.05, 0) is 23.9 Å². The predicted molar refractivity (Wildman–Crippen MR) is 38.1 cm³/mol. The molecule has 0 amide bonds. The van der Waals surface area contributed by atoms with Gasteiger partial charge in [0.25, 0.3) is 6.33 Å². The number of nitrogens with zero attached hydrogens (tertiary/aromatic N) is 1. The maximum absolute atomic E-state index is 4.18. The molecule has 0 unspecified atom stereocenters. The Bertz CT molecular complexity index is 266. The molecule has 0 saturated heterocycles. The Kier molecular flexibility index (Phi) is 1.24. The molecule has 1 aromatic heterocycles. The molecule has 2 heteroatoms. The lowest BCUT2D eigenvalue weighted by Gasteiger charge is -2.00. The van der Waals surface area contributed by atoms with Gasteiger partial charge in [-0.1, -0.05) is 6.08 Å². The summed E-state index contributed by atoms with van der Waals surface area (Å²) in [6, 6.07) is 0. The van der Waals surface area contributed by atoms with Gasteiger partial charge >= 0.3 is 0 Å². The molecule has 0 bridgehead atoms. The van der Waals surface area contributed by atoms with Crippen LogP contribution in [-0.2, 0) is 6.42 Å². The maximum Gasteiger partial charge on any atom is 0.284 e. The van der Waals surface area contributed by atoms with Gasteiger partial charge in [0.15, 0.2) is 5.69 Å². The predicted octanol–water partition coefficient (Wildman–Crippen LogP) is 0.855. The highest BCUT2D eigenvalue weighted by Gasteiger charge is 2.08. The van der Waals surface area contributed by atoms with E-state index in [9.17, 15) is 0 Å². The van der Waals surface area contributed by atoms with Gasteiger partial charge in [-0.2, -0.15) is 0 Å². The Hall–Kier alpha value is -1.18. The number of nitrogens with one attached hydrogen (secondary N) is 1. The van der Waals surface area contributed by atoms with Crippen molar-refractivity contribution in [3.05, 3.63) is 29.9 Å². The van der Waals surface area contributed by atoms with Crippen LogP contribution in [0.3, 0.4) is 0 Å². The molecule has 2 nitrogen and oxygen atoms in total. The van der Waals surface area contributed by atoms with Crippen molar-refractivity contribution in [1.29, 1.82) is 0 Å². The van der Waals surface area contributed by atoms with E-state index in [0.29, 0.717) is 0 Å². The summed E-state index contributed by atoms with van der Waals surface area (Å²) in [5.41, 5.74) is 2.44. The number of H-pyrrole nitrogens is 1. The van der Waals surface area contributed by atoms with E-state index in [1.165, 1.54) is 5.56 Å². The van der Waals surface area contributed by atoms with Crippen LogP contribution in [0.5, 0.6) is 0 Å². The van der Waals surface area contributed by atoms with Crippen LogP contribution in [0, 0.1) is 0 Å². The van der Waals surface area contributed by atoms with Gasteiger partial charge in [0, 0.05) is 5.56 Å². The molecule has 1 aromatic rings. The lowest BCUT2D eigenvalue weighted by Crippen LogP contribution is -2.08. The quantitative estimate of drug-likeness (QED) is 0.515. The normalized spacial score (nSPS) is 14.8. The molecule has 0 fully saturated rings. The Morgan fingerprint density at radius 2 is 2.50 bits per heavy atom. The third-order valence-corrected chi connectivity index (χ3v) is 1.72. The topological polar surface area (TPSA) is 27.0 Å². The Labute approximate surface area is 59.6 Å². The average molecular weight is 133 g/mol. The fourth-order valence-electron chi connectivity index (χ4n) is 1.19. The highest BCUT2D eigenvalue weighted by molar-refractivity contribution is 5.50. The third kappa shape index (κ3) is 0.817. The van der Waals surface area contributed by atoms with E-state index in [1.54, 1.807) is 6.33 Å². The fourth-order valence-corrected chi connectivity index (χ4v) is 1.19. The molecule has 1 aliphatic rings. The molecule has 0 spiro atoms. The molecule has 1 heterocycles. The van der Waals surface area contributed by atoms with Crippen molar-refractivity contribution >= 4 is 6.08 Å². The second-order valence-electron chi connectivity index (χ2n) is 2.42. The molecular weight excluding hydrogens is 124 g/mol. The van der Waals surface area contributed by atoms with Crippen molar-refractivity contribution in [2.24, 2.45) is 0 Å². The van der Waals surface area contributed by atoms with E-state index in [2.05, 4.69) is 22.1 Å². The van der Waals surface area contributed by atoms with Gasteiger partial charge in [-0.15, -0.1) is 0 Å². The van der Waals surface area contributed by atoms with Gasteiger partial charge in [-0.3, -0.25) is 4.98 Å². The fraction of sp³-hybridized carbons (Fsp3) is 0.250. The zero-order valence-corrected chi connectivity index (χ0v) is 5.67. The lowest BCUT2D eigenvalue weighted by molar-refractivity contribution is -0.383. The first-order valence-electron chi connectivity index (χ1n) is 3.48. The van der Waals surface area contributed by atoms with Crippen molar-refractivity contribution < 1.29 is 4.98 Å². The first-order chi connectivity index (χ1) is 4.97.